The van der Waals surface area contributed by atoms with Gasteiger partial charge in [-0.05, 0) is 40.1 Å². The molecule has 1 aromatic carbocycles. The number of carbonyl (C=O) groups excluding carboxylic acids is 2. The first-order chi connectivity index (χ1) is 10.5. The number of halogens is 1. The highest BCUT2D eigenvalue weighted by atomic mass is 79.9. The van der Waals surface area contributed by atoms with Crippen LogP contribution in [-0.4, -0.2) is 18.9 Å². The molecule has 0 fully saturated rings. The summed E-state index contributed by atoms with van der Waals surface area (Å²) in [6.07, 6.45) is -0.233. The van der Waals surface area contributed by atoms with E-state index < -0.39 is 11.5 Å². The number of ketones is 1. The van der Waals surface area contributed by atoms with Crippen molar-refractivity contribution in [3.63, 3.8) is 0 Å². The number of carbonyl (C=O) groups is 2. The van der Waals surface area contributed by atoms with Gasteiger partial charge in [-0.15, -0.1) is 0 Å². The fraction of sp³-hybridized carbons (Fsp3) is 0.250. The first-order valence-corrected chi connectivity index (χ1v) is 8.35. The molecule has 0 spiro atoms. The lowest BCUT2D eigenvalue weighted by atomic mass is 9.80. The number of ether oxygens (including phenoxy) is 1. The summed E-state index contributed by atoms with van der Waals surface area (Å²) >= 11 is 4.94. The van der Waals surface area contributed by atoms with E-state index in [1.54, 1.807) is 0 Å². The van der Waals surface area contributed by atoms with Crippen molar-refractivity contribution >= 4 is 39.0 Å². The van der Waals surface area contributed by atoms with Crippen molar-refractivity contribution in [1.82, 2.24) is 0 Å². The Morgan fingerprint density at radius 3 is 2.68 bits per heavy atom. The summed E-state index contributed by atoms with van der Waals surface area (Å²) in [5.41, 5.74) is 7.29. The van der Waals surface area contributed by atoms with Crippen LogP contribution in [0.5, 0.6) is 0 Å². The highest BCUT2D eigenvalue weighted by Gasteiger charge is 2.33. The number of hydrogen-bond donors (Lipinski definition) is 1. The molecule has 22 heavy (non-hydrogen) atoms. The Kier molecular flexibility index (Phi) is 5.50. The van der Waals surface area contributed by atoms with Crippen LogP contribution in [0.2, 0.25) is 0 Å². The van der Waals surface area contributed by atoms with E-state index in [0.29, 0.717) is 0 Å². The highest BCUT2D eigenvalue weighted by Crippen LogP contribution is 2.33. The molecule has 1 aromatic heterocycles. The maximum Gasteiger partial charge on any atom is 0.313 e. The van der Waals surface area contributed by atoms with Crippen molar-refractivity contribution in [2.75, 3.05) is 7.11 Å². The third-order valence-corrected chi connectivity index (χ3v) is 4.60. The van der Waals surface area contributed by atoms with Gasteiger partial charge in [0, 0.05) is 10.9 Å². The topological polar surface area (TPSA) is 69.4 Å². The molecule has 1 heterocycles. The monoisotopic (exact) mass is 381 g/mol. The van der Waals surface area contributed by atoms with Crippen LogP contribution in [0.3, 0.4) is 0 Å². The van der Waals surface area contributed by atoms with Crippen LogP contribution in [0.15, 0.2) is 45.6 Å². The van der Waals surface area contributed by atoms with Crippen molar-refractivity contribution in [3.8, 4) is 0 Å². The molecule has 2 aromatic rings. The number of benzene rings is 1. The Balaban J connectivity index is 2.35. The van der Waals surface area contributed by atoms with Gasteiger partial charge in [0.25, 0.3) is 0 Å². The minimum atomic E-state index is -0.963. The van der Waals surface area contributed by atoms with E-state index in [-0.39, 0.29) is 18.6 Å². The largest absolute Gasteiger partial charge is 0.469 e. The normalized spacial score (nSPS) is 13.4. The summed E-state index contributed by atoms with van der Waals surface area (Å²) in [6.45, 7) is 0. The maximum absolute atomic E-state index is 12.2. The van der Waals surface area contributed by atoms with Gasteiger partial charge in [0.2, 0.25) is 0 Å². The fourth-order valence-electron chi connectivity index (χ4n) is 2.26. The minimum absolute atomic E-state index is 0.0370. The third-order valence-electron chi connectivity index (χ3n) is 3.42. The van der Waals surface area contributed by atoms with Crippen molar-refractivity contribution < 1.29 is 14.3 Å². The molecule has 0 aliphatic heterocycles. The molecule has 0 amide bonds. The second-order valence-corrected chi connectivity index (χ2v) is 6.66. The number of Topliss-reactive ketones (excluding diaryl/α,β-unsaturated/α-hetero) is 1. The SMILES string of the molecule is COC(=O)CC(=O)CC(N)(c1ccsc1)c1cccc(Br)c1. The van der Waals surface area contributed by atoms with Gasteiger partial charge < -0.3 is 10.5 Å². The van der Waals surface area contributed by atoms with Crippen LogP contribution in [0.4, 0.5) is 0 Å². The number of thiophene rings is 1. The van der Waals surface area contributed by atoms with Gasteiger partial charge in [0.15, 0.2) is 0 Å². The lowest BCUT2D eigenvalue weighted by molar-refractivity contribution is -0.143. The van der Waals surface area contributed by atoms with Crippen LogP contribution in [0, 0.1) is 0 Å². The molecule has 2 N–H and O–H groups in total. The smallest absolute Gasteiger partial charge is 0.313 e. The maximum atomic E-state index is 12.2. The molecule has 2 rings (SSSR count). The Morgan fingerprint density at radius 1 is 1.32 bits per heavy atom. The Hall–Kier alpha value is -1.50. The van der Waals surface area contributed by atoms with Gasteiger partial charge in [0.05, 0.1) is 12.6 Å². The van der Waals surface area contributed by atoms with Crippen LogP contribution in [-0.2, 0) is 19.9 Å². The zero-order valence-corrected chi connectivity index (χ0v) is 14.4. The number of nitrogens with two attached hydrogens (primary N) is 1. The first kappa shape index (κ1) is 16.9. The third kappa shape index (κ3) is 3.82. The van der Waals surface area contributed by atoms with E-state index in [4.69, 9.17) is 5.73 Å². The van der Waals surface area contributed by atoms with Gasteiger partial charge in [-0.3, -0.25) is 9.59 Å². The predicted octanol–water partition coefficient (Wildman–Crippen LogP) is 3.24. The molecule has 0 radical (unpaired) electrons. The lowest BCUT2D eigenvalue weighted by Gasteiger charge is -2.29. The molecular weight excluding hydrogens is 366 g/mol. The van der Waals surface area contributed by atoms with E-state index >= 15 is 0 Å². The molecule has 6 heteroatoms. The number of methoxy groups -OCH3 is 1. The summed E-state index contributed by atoms with van der Waals surface area (Å²) in [5, 5.41) is 3.84. The summed E-state index contributed by atoms with van der Waals surface area (Å²) in [7, 11) is 1.26. The average Bonchev–Trinajstić information content (AvgIpc) is 3.01. The molecule has 0 aliphatic carbocycles. The number of hydrogen-bond acceptors (Lipinski definition) is 5. The van der Waals surface area contributed by atoms with Crippen LogP contribution in [0.25, 0.3) is 0 Å². The van der Waals surface area contributed by atoms with Gasteiger partial charge in [-0.2, -0.15) is 11.3 Å². The Morgan fingerprint density at radius 2 is 2.09 bits per heavy atom. The molecule has 4 nitrogen and oxygen atoms in total. The molecule has 1 unspecified atom stereocenters. The molecule has 1 atom stereocenters. The highest BCUT2D eigenvalue weighted by molar-refractivity contribution is 9.10. The summed E-state index contributed by atoms with van der Waals surface area (Å²) in [4.78, 5) is 23.5. The molecule has 0 bridgehead atoms. The van der Waals surface area contributed by atoms with E-state index in [2.05, 4.69) is 20.7 Å². The minimum Gasteiger partial charge on any atom is -0.469 e. The van der Waals surface area contributed by atoms with E-state index in [9.17, 15) is 9.59 Å². The fourth-order valence-corrected chi connectivity index (χ4v) is 3.40. The number of esters is 1. The standard InChI is InChI=1S/C16H16BrNO3S/c1-21-15(20)8-14(19)9-16(18,12-5-6-22-10-12)11-3-2-4-13(17)7-11/h2-7,10H,8-9,18H2,1H3. The second-order valence-electron chi connectivity index (χ2n) is 4.96. The van der Waals surface area contributed by atoms with Gasteiger partial charge >= 0.3 is 5.97 Å². The van der Waals surface area contributed by atoms with Crippen molar-refractivity contribution in [2.24, 2.45) is 5.73 Å². The van der Waals surface area contributed by atoms with Crippen molar-refractivity contribution in [1.29, 1.82) is 0 Å². The van der Waals surface area contributed by atoms with Crippen LogP contribution < -0.4 is 5.73 Å². The summed E-state index contributed by atoms with van der Waals surface area (Å²) < 4.78 is 5.43. The summed E-state index contributed by atoms with van der Waals surface area (Å²) in [5.74, 6) is -0.799. The molecular formula is C16H16BrNO3S. The zero-order valence-electron chi connectivity index (χ0n) is 12.0. The van der Waals surface area contributed by atoms with Gasteiger partial charge in [-0.1, -0.05) is 28.1 Å². The van der Waals surface area contributed by atoms with Crippen LogP contribution >= 0.6 is 27.3 Å². The first-order valence-electron chi connectivity index (χ1n) is 6.62. The Labute approximate surface area is 141 Å². The number of rotatable bonds is 6. The van der Waals surface area contributed by atoms with E-state index in [1.807, 2.05) is 41.1 Å². The van der Waals surface area contributed by atoms with Gasteiger partial charge in [-0.25, -0.2) is 0 Å². The van der Waals surface area contributed by atoms with Gasteiger partial charge in [0.1, 0.15) is 12.2 Å². The zero-order chi connectivity index (χ0) is 16.2. The molecule has 116 valence electrons. The lowest BCUT2D eigenvalue weighted by Crippen LogP contribution is -2.40. The van der Waals surface area contributed by atoms with E-state index in [0.717, 1.165) is 15.6 Å². The quantitative estimate of drug-likeness (QED) is 0.615. The predicted molar refractivity (Wildman–Crippen MR) is 89.7 cm³/mol. The molecule has 0 saturated carbocycles. The molecule has 0 saturated heterocycles. The van der Waals surface area contributed by atoms with E-state index in [1.165, 1.54) is 18.4 Å². The summed E-state index contributed by atoms with van der Waals surface area (Å²) in [6, 6.07) is 9.44. The van der Waals surface area contributed by atoms with Crippen molar-refractivity contribution in [3.05, 3.63) is 56.7 Å². The van der Waals surface area contributed by atoms with Crippen molar-refractivity contribution in [2.45, 2.75) is 18.4 Å². The molecule has 0 aliphatic rings. The van der Waals surface area contributed by atoms with Crippen LogP contribution in [0.1, 0.15) is 24.0 Å². The second kappa shape index (κ2) is 7.17. The Bertz CT molecular complexity index is 672. The average molecular weight is 382 g/mol.